The summed E-state index contributed by atoms with van der Waals surface area (Å²) in [4.78, 5) is 6.60. The van der Waals surface area contributed by atoms with Crippen molar-refractivity contribution in [3.63, 3.8) is 0 Å². The van der Waals surface area contributed by atoms with Gasteiger partial charge >= 0.3 is 0 Å². The van der Waals surface area contributed by atoms with E-state index in [-0.39, 0.29) is 0 Å². The second kappa shape index (κ2) is 4.06. The molecule has 80 valence electrons. The van der Waals surface area contributed by atoms with Crippen LogP contribution in [0.25, 0.3) is 10.2 Å². The van der Waals surface area contributed by atoms with E-state index in [2.05, 4.69) is 35.4 Å². The molecule has 0 spiro atoms. The fourth-order valence-corrected chi connectivity index (χ4v) is 2.29. The van der Waals surface area contributed by atoms with Crippen LogP contribution < -0.4 is 10.2 Å². The number of nitrogens with one attached hydrogen (secondary N) is 1. The molecule has 2 aromatic rings. The molecule has 0 radical (unpaired) electrons. The zero-order chi connectivity index (χ0) is 10.8. The molecule has 0 aliphatic heterocycles. The smallest absolute Gasteiger partial charge is 0.185 e. The summed E-state index contributed by atoms with van der Waals surface area (Å²) in [5, 5.41) is 4.34. The van der Waals surface area contributed by atoms with Crippen LogP contribution in [0.4, 0.5) is 10.8 Å². The van der Waals surface area contributed by atoms with Crippen LogP contribution in [-0.2, 0) is 0 Å². The van der Waals surface area contributed by atoms with Crippen LogP contribution in [0.5, 0.6) is 0 Å². The first-order valence-corrected chi connectivity index (χ1v) is 5.84. The van der Waals surface area contributed by atoms with Gasteiger partial charge in [-0.2, -0.15) is 0 Å². The number of hydrogen-bond donors (Lipinski definition) is 1. The predicted octanol–water partition coefficient (Wildman–Crippen LogP) is 2.79. The fraction of sp³-hybridized carbons (Fsp3) is 0.364. The Morgan fingerprint density at radius 2 is 2.20 bits per heavy atom. The van der Waals surface area contributed by atoms with Crippen molar-refractivity contribution in [3.8, 4) is 0 Å². The van der Waals surface area contributed by atoms with Gasteiger partial charge in [0.05, 0.1) is 10.2 Å². The first-order valence-electron chi connectivity index (χ1n) is 5.02. The molecule has 0 aliphatic carbocycles. The number of rotatable bonds is 3. The highest BCUT2D eigenvalue weighted by Gasteiger charge is 2.05. The van der Waals surface area contributed by atoms with Gasteiger partial charge < -0.3 is 10.2 Å². The van der Waals surface area contributed by atoms with Crippen molar-refractivity contribution in [2.75, 3.05) is 30.9 Å². The lowest BCUT2D eigenvalue weighted by Gasteiger charge is -2.04. The molecule has 0 amide bonds. The Morgan fingerprint density at radius 3 is 2.87 bits per heavy atom. The largest absolute Gasteiger partial charge is 0.385 e. The summed E-state index contributed by atoms with van der Waals surface area (Å²) in [5.41, 5.74) is 2.21. The van der Waals surface area contributed by atoms with E-state index in [9.17, 15) is 0 Å². The van der Waals surface area contributed by atoms with Gasteiger partial charge in [-0.25, -0.2) is 4.98 Å². The minimum Gasteiger partial charge on any atom is -0.385 e. The molecular formula is C11H15N3S. The number of benzene rings is 1. The zero-order valence-electron chi connectivity index (χ0n) is 9.24. The Kier molecular flexibility index (Phi) is 2.77. The normalized spacial score (nSPS) is 10.6. The lowest BCUT2D eigenvalue weighted by Crippen LogP contribution is -2.07. The number of nitrogens with zero attached hydrogens (tertiary/aromatic N) is 2. The number of fused-ring (bicyclic) bond motifs is 1. The highest BCUT2D eigenvalue weighted by atomic mass is 32.1. The van der Waals surface area contributed by atoms with Crippen LogP contribution in [0, 0.1) is 0 Å². The monoisotopic (exact) mass is 221 g/mol. The quantitative estimate of drug-likeness (QED) is 0.864. The number of aromatic nitrogens is 1. The van der Waals surface area contributed by atoms with Crippen molar-refractivity contribution in [2.45, 2.75) is 6.92 Å². The van der Waals surface area contributed by atoms with E-state index in [0.717, 1.165) is 22.9 Å². The molecule has 1 N–H and O–H groups in total. The molecule has 1 aromatic carbocycles. The maximum Gasteiger partial charge on any atom is 0.185 e. The van der Waals surface area contributed by atoms with Crippen molar-refractivity contribution in [1.29, 1.82) is 0 Å². The highest BCUT2D eigenvalue weighted by molar-refractivity contribution is 7.22. The lowest BCUT2D eigenvalue weighted by atomic mass is 10.3. The Bertz CT molecular complexity index is 462. The summed E-state index contributed by atoms with van der Waals surface area (Å²) in [6.45, 7) is 3.03. The van der Waals surface area contributed by atoms with Gasteiger partial charge in [-0.05, 0) is 25.1 Å². The second-order valence-electron chi connectivity index (χ2n) is 3.60. The highest BCUT2D eigenvalue weighted by Crippen LogP contribution is 2.29. The molecule has 0 aliphatic rings. The van der Waals surface area contributed by atoms with E-state index in [4.69, 9.17) is 0 Å². The minimum atomic E-state index is 0.941. The molecule has 0 fully saturated rings. The van der Waals surface area contributed by atoms with Gasteiger partial charge in [0.1, 0.15) is 0 Å². The maximum absolute atomic E-state index is 4.56. The topological polar surface area (TPSA) is 28.2 Å². The average molecular weight is 221 g/mol. The third-order valence-corrected chi connectivity index (χ3v) is 3.34. The van der Waals surface area contributed by atoms with Crippen LogP contribution in [-0.4, -0.2) is 25.6 Å². The molecule has 0 unspecified atom stereocenters. The van der Waals surface area contributed by atoms with Gasteiger partial charge in [-0.3, -0.25) is 0 Å². The molecule has 3 nitrogen and oxygen atoms in total. The fourth-order valence-electron chi connectivity index (χ4n) is 1.42. The van der Waals surface area contributed by atoms with E-state index in [1.807, 2.05) is 19.0 Å². The third-order valence-electron chi connectivity index (χ3n) is 2.14. The van der Waals surface area contributed by atoms with Gasteiger partial charge in [-0.15, -0.1) is 0 Å². The van der Waals surface area contributed by atoms with Crippen molar-refractivity contribution in [1.82, 2.24) is 4.98 Å². The number of hydrogen-bond acceptors (Lipinski definition) is 4. The maximum atomic E-state index is 4.56. The molecule has 0 saturated heterocycles. The SMILES string of the molecule is CCNc1ccc2sc(N(C)C)nc2c1. The first kappa shape index (κ1) is 10.2. The molecule has 15 heavy (non-hydrogen) atoms. The lowest BCUT2D eigenvalue weighted by molar-refractivity contribution is 1.11. The summed E-state index contributed by atoms with van der Waals surface area (Å²) in [6.07, 6.45) is 0. The molecule has 4 heteroatoms. The standard InChI is InChI=1S/C11H15N3S/c1-4-12-8-5-6-10-9(7-8)13-11(15-10)14(2)3/h5-7,12H,4H2,1-3H3. The van der Waals surface area contributed by atoms with Crippen molar-refractivity contribution < 1.29 is 0 Å². The van der Waals surface area contributed by atoms with Gasteiger partial charge in [-0.1, -0.05) is 11.3 Å². The number of anilines is 2. The van der Waals surface area contributed by atoms with Gasteiger partial charge in [0.25, 0.3) is 0 Å². The van der Waals surface area contributed by atoms with Gasteiger partial charge in [0.15, 0.2) is 5.13 Å². The van der Waals surface area contributed by atoms with Crippen molar-refractivity contribution in [3.05, 3.63) is 18.2 Å². The molecular weight excluding hydrogens is 206 g/mol. The van der Waals surface area contributed by atoms with E-state index in [0.29, 0.717) is 0 Å². The van der Waals surface area contributed by atoms with E-state index in [1.54, 1.807) is 11.3 Å². The Balaban J connectivity index is 2.43. The molecule has 0 atom stereocenters. The molecule has 0 bridgehead atoms. The van der Waals surface area contributed by atoms with E-state index in [1.165, 1.54) is 4.70 Å². The van der Waals surface area contributed by atoms with Crippen LogP contribution in [0.3, 0.4) is 0 Å². The average Bonchev–Trinajstić information content (AvgIpc) is 2.61. The summed E-state index contributed by atoms with van der Waals surface area (Å²) in [6, 6.07) is 6.32. The van der Waals surface area contributed by atoms with Gasteiger partial charge in [0, 0.05) is 26.3 Å². The van der Waals surface area contributed by atoms with Crippen molar-refractivity contribution >= 4 is 32.4 Å². The van der Waals surface area contributed by atoms with E-state index >= 15 is 0 Å². The first-order chi connectivity index (χ1) is 7.20. The minimum absolute atomic E-state index is 0.941. The van der Waals surface area contributed by atoms with Crippen LogP contribution >= 0.6 is 11.3 Å². The molecule has 1 heterocycles. The summed E-state index contributed by atoms with van der Waals surface area (Å²) >= 11 is 1.72. The van der Waals surface area contributed by atoms with Crippen molar-refractivity contribution in [2.24, 2.45) is 0 Å². The van der Waals surface area contributed by atoms with Crippen LogP contribution in [0.2, 0.25) is 0 Å². The Hall–Kier alpha value is -1.29. The second-order valence-corrected chi connectivity index (χ2v) is 4.61. The molecule has 0 saturated carbocycles. The Labute approximate surface area is 93.7 Å². The summed E-state index contributed by atoms with van der Waals surface area (Å²) in [7, 11) is 4.03. The van der Waals surface area contributed by atoms with E-state index < -0.39 is 0 Å². The molecule has 2 rings (SSSR count). The summed E-state index contributed by atoms with van der Waals surface area (Å²) < 4.78 is 1.24. The van der Waals surface area contributed by atoms with Crippen LogP contribution in [0.15, 0.2) is 18.2 Å². The zero-order valence-corrected chi connectivity index (χ0v) is 10.1. The van der Waals surface area contributed by atoms with Gasteiger partial charge in [0.2, 0.25) is 0 Å². The summed E-state index contributed by atoms with van der Waals surface area (Å²) in [5.74, 6) is 0. The third kappa shape index (κ3) is 2.04. The predicted molar refractivity (Wildman–Crippen MR) is 68.1 cm³/mol. The number of thiazole rings is 1. The Morgan fingerprint density at radius 1 is 1.40 bits per heavy atom. The molecule has 1 aromatic heterocycles. The van der Waals surface area contributed by atoms with Crippen LogP contribution in [0.1, 0.15) is 6.92 Å².